The summed E-state index contributed by atoms with van der Waals surface area (Å²) in [5.74, 6) is -1.67. The molecule has 0 saturated heterocycles. The Balaban J connectivity index is 3.16. The first kappa shape index (κ1) is 11.5. The van der Waals surface area contributed by atoms with Crippen LogP contribution >= 0.6 is 11.8 Å². The van der Waals surface area contributed by atoms with Crippen molar-refractivity contribution in [1.29, 1.82) is 0 Å². The van der Waals surface area contributed by atoms with Crippen molar-refractivity contribution in [3.05, 3.63) is 20.8 Å². The number of carbonyl (C=O) groups is 1. The van der Waals surface area contributed by atoms with Gasteiger partial charge in [0.05, 0.1) is 5.97 Å². The van der Waals surface area contributed by atoms with Gasteiger partial charge in [0.15, 0.2) is 5.03 Å². The van der Waals surface area contributed by atoms with Crippen LogP contribution in [-0.4, -0.2) is 26.1 Å². The van der Waals surface area contributed by atoms with Gasteiger partial charge < -0.3 is 9.90 Å². The molecule has 8 heteroatoms. The van der Waals surface area contributed by atoms with Gasteiger partial charge in [0.2, 0.25) is 0 Å². The fourth-order valence-corrected chi connectivity index (χ4v) is 1.58. The maximum Gasteiger partial charge on any atom is 0.346 e. The minimum absolute atomic E-state index is 0.0381. The predicted octanol–water partition coefficient (Wildman–Crippen LogP) is -2.68. The fourth-order valence-electron chi connectivity index (χ4n) is 0.887. The van der Waals surface area contributed by atoms with Gasteiger partial charge in [-0.25, -0.2) is 9.48 Å². The van der Waals surface area contributed by atoms with Crippen LogP contribution in [0.4, 0.5) is 0 Å². The number of hydrogen-bond acceptors (Lipinski definition) is 6. The molecular weight excluding hydrogens is 222 g/mol. The number of thioether (sulfide) groups is 1. The lowest BCUT2D eigenvalue weighted by Crippen LogP contribution is -2.39. The second kappa shape index (κ2) is 4.30. The number of carboxylic acids is 1. The van der Waals surface area contributed by atoms with Gasteiger partial charge in [-0.2, -0.15) is 5.10 Å². The maximum atomic E-state index is 11.4. The van der Waals surface area contributed by atoms with Crippen molar-refractivity contribution in [1.82, 2.24) is 14.3 Å². The molecule has 1 aromatic heterocycles. The largest absolute Gasteiger partial charge is 0.549 e. The van der Waals surface area contributed by atoms with E-state index in [-0.39, 0.29) is 10.8 Å². The number of carbonyl (C=O) groups excluding carboxylic acids is 1. The Morgan fingerprint density at radius 2 is 2.07 bits per heavy atom. The Morgan fingerprint density at radius 3 is 2.60 bits per heavy atom. The van der Waals surface area contributed by atoms with E-state index in [4.69, 9.17) is 0 Å². The molecule has 1 rings (SSSR count). The minimum Gasteiger partial charge on any atom is -0.549 e. The second-order valence-corrected chi connectivity index (χ2v) is 3.70. The highest BCUT2D eigenvalue weighted by Gasteiger charge is 2.08. The van der Waals surface area contributed by atoms with Crippen LogP contribution in [0.2, 0.25) is 0 Å². The zero-order valence-electron chi connectivity index (χ0n) is 8.09. The van der Waals surface area contributed by atoms with Crippen molar-refractivity contribution in [2.45, 2.75) is 5.03 Å². The molecule has 0 fully saturated rings. The Hall–Kier alpha value is -1.57. The Morgan fingerprint density at radius 1 is 1.47 bits per heavy atom. The molecular formula is C7H8N3O4S-. The van der Waals surface area contributed by atoms with Crippen LogP contribution < -0.4 is 16.4 Å². The van der Waals surface area contributed by atoms with E-state index in [1.807, 2.05) is 0 Å². The number of hydrogen-bond donors (Lipinski definition) is 0. The van der Waals surface area contributed by atoms with Gasteiger partial charge in [-0.3, -0.25) is 9.36 Å². The molecule has 0 amide bonds. The third kappa shape index (κ3) is 2.46. The summed E-state index contributed by atoms with van der Waals surface area (Å²) in [6.07, 6.45) is 0. The monoisotopic (exact) mass is 230 g/mol. The Bertz CT molecular complexity index is 504. The number of carboxylic acid groups (broad SMARTS) is 1. The van der Waals surface area contributed by atoms with Crippen molar-refractivity contribution in [2.24, 2.45) is 14.1 Å². The molecule has 0 spiro atoms. The van der Waals surface area contributed by atoms with E-state index < -0.39 is 17.2 Å². The van der Waals surface area contributed by atoms with Crippen molar-refractivity contribution in [3.8, 4) is 0 Å². The molecule has 0 saturated carbocycles. The molecule has 1 aromatic rings. The van der Waals surface area contributed by atoms with Crippen LogP contribution in [-0.2, 0) is 18.9 Å². The quantitative estimate of drug-likeness (QED) is 0.525. The summed E-state index contributed by atoms with van der Waals surface area (Å²) in [5.41, 5.74) is -1.16. The molecule has 1 heterocycles. The van der Waals surface area contributed by atoms with Crippen molar-refractivity contribution in [3.63, 3.8) is 0 Å². The summed E-state index contributed by atoms with van der Waals surface area (Å²) < 4.78 is 1.84. The van der Waals surface area contributed by atoms with E-state index >= 15 is 0 Å². The van der Waals surface area contributed by atoms with Crippen LogP contribution in [0.1, 0.15) is 0 Å². The van der Waals surface area contributed by atoms with Crippen molar-refractivity contribution < 1.29 is 9.90 Å². The van der Waals surface area contributed by atoms with E-state index in [1.54, 1.807) is 0 Å². The SMILES string of the molecule is Cn1nc(SCC(=O)[O-])c(=O)n(C)c1=O. The lowest BCUT2D eigenvalue weighted by molar-refractivity contribution is -0.301. The molecule has 0 N–H and O–H groups in total. The molecule has 0 atom stereocenters. The first-order valence-corrected chi connectivity index (χ1v) is 4.89. The average Bonchev–Trinajstić information content (AvgIpc) is 2.18. The normalized spacial score (nSPS) is 10.3. The lowest BCUT2D eigenvalue weighted by atomic mass is 10.8. The fraction of sp³-hybridized carbons (Fsp3) is 0.429. The number of nitrogens with zero attached hydrogens (tertiary/aromatic N) is 3. The molecule has 0 aliphatic heterocycles. The van der Waals surface area contributed by atoms with Gasteiger partial charge in [0, 0.05) is 19.8 Å². The highest BCUT2D eigenvalue weighted by molar-refractivity contribution is 7.99. The molecule has 0 aliphatic carbocycles. The number of aryl methyl sites for hydroxylation is 1. The summed E-state index contributed by atoms with van der Waals surface area (Å²) in [5, 5.41) is 13.8. The molecule has 0 unspecified atom stereocenters. The second-order valence-electron chi connectivity index (χ2n) is 2.74. The number of rotatable bonds is 3. The first-order valence-electron chi connectivity index (χ1n) is 3.90. The maximum absolute atomic E-state index is 11.4. The summed E-state index contributed by atoms with van der Waals surface area (Å²) >= 11 is 0.726. The minimum atomic E-state index is -1.29. The zero-order valence-corrected chi connectivity index (χ0v) is 8.91. The average molecular weight is 230 g/mol. The topological polar surface area (TPSA) is 97.0 Å². The third-order valence-electron chi connectivity index (χ3n) is 1.62. The summed E-state index contributed by atoms with van der Waals surface area (Å²) in [7, 11) is 2.68. The summed E-state index contributed by atoms with van der Waals surface area (Å²) in [4.78, 5) is 32.8. The summed E-state index contributed by atoms with van der Waals surface area (Å²) in [6.45, 7) is 0. The molecule has 0 aliphatic rings. The van der Waals surface area contributed by atoms with Gasteiger partial charge in [0.1, 0.15) is 0 Å². The molecule has 7 nitrogen and oxygen atoms in total. The standard InChI is InChI=1S/C7H9N3O4S/c1-9-6(13)5(15-3-4(11)12)8-10(2)7(9)14/h3H2,1-2H3,(H,11,12)/p-1. The molecule has 0 aromatic carbocycles. The van der Waals surface area contributed by atoms with Crippen LogP contribution in [0.5, 0.6) is 0 Å². The van der Waals surface area contributed by atoms with Gasteiger partial charge in [-0.1, -0.05) is 11.8 Å². The van der Waals surface area contributed by atoms with E-state index in [1.165, 1.54) is 14.1 Å². The van der Waals surface area contributed by atoms with Crippen LogP contribution in [0, 0.1) is 0 Å². The smallest absolute Gasteiger partial charge is 0.346 e. The van der Waals surface area contributed by atoms with E-state index in [2.05, 4.69) is 5.10 Å². The van der Waals surface area contributed by atoms with E-state index in [0.29, 0.717) is 0 Å². The van der Waals surface area contributed by atoms with Gasteiger partial charge in [0.25, 0.3) is 5.56 Å². The molecule has 82 valence electrons. The van der Waals surface area contributed by atoms with Crippen molar-refractivity contribution in [2.75, 3.05) is 5.75 Å². The molecule has 0 radical (unpaired) electrons. The lowest BCUT2D eigenvalue weighted by Gasteiger charge is -2.04. The summed E-state index contributed by atoms with van der Waals surface area (Å²) in [6, 6.07) is 0. The zero-order chi connectivity index (χ0) is 11.6. The Kier molecular flexibility index (Phi) is 3.30. The van der Waals surface area contributed by atoms with Crippen LogP contribution in [0.25, 0.3) is 0 Å². The van der Waals surface area contributed by atoms with Gasteiger partial charge in [-0.05, 0) is 0 Å². The number of aromatic nitrogens is 3. The van der Waals surface area contributed by atoms with Crippen molar-refractivity contribution >= 4 is 17.7 Å². The predicted molar refractivity (Wildman–Crippen MR) is 50.5 cm³/mol. The Labute approximate surface area is 88.3 Å². The van der Waals surface area contributed by atoms with Gasteiger partial charge in [-0.15, -0.1) is 0 Å². The molecule has 0 bridgehead atoms. The van der Waals surface area contributed by atoms with Gasteiger partial charge >= 0.3 is 5.69 Å². The highest BCUT2D eigenvalue weighted by atomic mass is 32.2. The molecule has 15 heavy (non-hydrogen) atoms. The van der Waals surface area contributed by atoms with E-state index in [0.717, 1.165) is 21.0 Å². The first-order chi connectivity index (χ1) is 6.93. The number of aliphatic carboxylic acids is 1. The van der Waals surface area contributed by atoms with Crippen LogP contribution in [0.3, 0.4) is 0 Å². The van der Waals surface area contributed by atoms with E-state index in [9.17, 15) is 19.5 Å². The third-order valence-corrected chi connectivity index (χ3v) is 2.53. The highest BCUT2D eigenvalue weighted by Crippen LogP contribution is 2.06. The van der Waals surface area contributed by atoms with Crippen LogP contribution in [0.15, 0.2) is 14.6 Å².